The van der Waals surface area contributed by atoms with Gasteiger partial charge in [0.05, 0.1) is 34.8 Å². The van der Waals surface area contributed by atoms with Crippen LogP contribution in [0.2, 0.25) is 0 Å². The Kier molecular flexibility index (Phi) is 5.02. The summed E-state index contributed by atoms with van der Waals surface area (Å²) in [6, 6.07) is 14.2. The van der Waals surface area contributed by atoms with Crippen molar-refractivity contribution in [1.29, 1.82) is 0 Å². The minimum atomic E-state index is 0.0807. The highest BCUT2D eigenvalue weighted by Crippen LogP contribution is 2.35. The zero-order chi connectivity index (χ0) is 24.8. The minimum Gasteiger partial charge on any atom is -0.352 e. The number of aromatic amines is 2. The van der Waals surface area contributed by atoms with Gasteiger partial charge in [-0.25, -0.2) is 0 Å². The van der Waals surface area contributed by atoms with Crippen LogP contribution in [-0.2, 0) is 4.79 Å². The maximum Gasteiger partial charge on any atom is 0.227 e. The maximum absolute atomic E-state index is 12.4. The van der Waals surface area contributed by atoms with E-state index in [2.05, 4.69) is 47.6 Å². The number of rotatable bonds is 5. The summed E-state index contributed by atoms with van der Waals surface area (Å²) in [5.41, 5.74) is 8.35. The second kappa shape index (κ2) is 8.67. The summed E-state index contributed by atoms with van der Waals surface area (Å²) in [5.74, 6) is 0.205. The summed E-state index contributed by atoms with van der Waals surface area (Å²) in [6.45, 7) is 0. The Morgan fingerprint density at radius 2 is 1.68 bits per heavy atom. The Balaban J connectivity index is 1.26. The van der Waals surface area contributed by atoms with Gasteiger partial charge in [0.25, 0.3) is 0 Å². The first-order valence-corrected chi connectivity index (χ1v) is 12.3. The van der Waals surface area contributed by atoms with Crippen LogP contribution in [0.3, 0.4) is 0 Å². The highest BCUT2D eigenvalue weighted by molar-refractivity contribution is 6.01. The van der Waals surface area contributed by atoms with E-state index in [4.69, 9.17) is 0 Å². The van der Waals surface area contributed by atoms with E-state index in [9.17, 15) is 4.79 Å². The molecule has 0 spiro atoms. The SMILES string of the molecule is O=C(Nc1cncc(-c2ccc3[nH]nc(-c4cc5c(-c6ccncc6)cncc5[nH]4)c3c2)c1)C1CCC1. The molecule has 180 valence electrons. The van der Waals surface area contributed by atoms with Gasteiger partial charge in [0, 0.05) is 52.6 Å². The smallest absolute Gasteiger partial charge is 0.227 e. The molecule has 8 nitrogen and oxygen atoms in total. The van der Waals surface area contributed by atoms with Gasteiger partial charge in [-0.15, -0.1) is 0 Å². The molecule has 0 bridgehead atoms. The average Bonchev–Trinajstić information content (AvgIpc) is 3.52. The van der Waals surface area contributed by atoms with Gasteiger partial charge in [-0.2, -0.15) is 5.10 Å². The van der Waals surface area contributed by atoms with E-state index in [1.807, 2.05) is 48.9 Å². The molecular formula is C29H23N7O. The number of hydrogen-bond donors (Lipinski definition) is 3. The van der Waals surface area contributed by atoms with Crippen LogP contribution in [0, 0.1) is 5.92 Å². The molecule has 1 aliphatic rings. The number of nitrogens with zero attached hydrogens (tertiary/aromatic N) is 4. The molecule has 0 atom stereocenters. The van der Waals surface area contributed by atoms with Gasteiger partial charge in [0.15, 0.2) is 0 Å². The van der Waals surface area contributed by atoms with Crippen LogP contribution in [0.15, 0.2) is 79.6 Å². The highest BCUT2D eigenvalue weighted by Gasteiger charge is 2.25. The van der Waals surface area contributed by atoms with E-state index in [1.54, 1.807) is 18.6 Å². The zero-order valence-electron chi connectivity index (χ0n) is 19.9. The number of pyridine rings is 3. The van der Waals surface area contributed by atoms with E-state index in [0.29, 0.717) is 5.69 Å². The van der Waals surface area contributed by atoms with Crippen molar-refractivity contribution < 1.29 is 4.79 Å². The van der Waals surface area contributed by atoms with Crippen LogP contribution in [0.4, 0.5) is 5.69 Å². The van der Waals surface area contributed by atoms with Crippen molar-refractivity contribution in [2.45, 2.75) is 19.3 Å². The molecule has 5 heterocycles. The van der Waals surface area contributed by atoms with Gasteiger partial charge in [-0.1, -0.05) is 12.5 Å². The number of amides is 1. The fourth-order valence-electron chi connectivity index (χ4n) is 4.92. The largest absolute Gasteiger partial charge is 0.352 e. The Morgan fingerprint density at radius 3 is 2.51 bits per heavy atom. The summed E-state index contributed by atoms with van der Waals surface area (Å²) in [7, 11) is 0. The average molecular weight is 486 g/mol. The third-order valence-electron chi connectivity index (χ3n) is 7.17. The number of anilines is 1. The molecule has 3 N–H and O–H groups in total. The molecule has 7 rings (SSSR count). The number of benzene rings is 1. The number of H-pyrrole nitrogens is 2. The van der Waals surface area contributed by atoms with Crippen molar-refractivity contribution in [3.8, 4) is 33.6 Å². The third-order valence-corrected chi connectivity index (χ3v) is 7.17. The van der Waals surface area contributed by atoms with Crippen molar-refractivity contribution in [3.05, 3.63) is 79.6 Å². The topological polar surface area (TPSA) is 112 Å². The number of fused-ring (bicyclic) bond motifs is 2. The van der Waals surface area contributed by atoms with Crippen molar-refractivity contribution in [2.24, 2.45) is 5.92 Å². The lowest BCUT2D eigenvalue weighted by molar-refractivity contribution is -0.122. The molecule has 0 radical (unpaired) electrons. The fourth-order valence-corrected chi connectivity index (χ4v) is 4.92. The van der Waals surface area contributed by atoms with Crippen LogP contribution < -0.4 is 5.32 Å². The van der Waals surface area contributed by atoms with E-state index in [1.165, 1.54) is 0 Å². The standard InChI is InChI=1S/C29H23N7O/c37-29(18-2-1-3-18)33-21-10-20(13-31-14-21)19-4-5-25-23(11-19)28(36-35-25)26-12-22-24(15-32-16-27(22)34-26)17-6-8-30-9-7-17/h4-16,18,34H,1-3H2,(H,33,37)(H,35,36). The highest BCUT2D eigenvalue weighted by atomic mass is 16.1. The zero-order valence-corrected chi connectivity index (χ0v) is 19.9. The van der Waals surface area contributed by atoms with Crippen molar-refractivity contribution in [2.75, 3.05) is 5.32 Å². The van der Waals surface area contributed by atoms with Crippen molar-refractivity contribution >= 4 is 33.4 Å². The van der Waals surface area contributed by atoms with Crippen LogP contribution in [0.25, 0.3) is 55.4 Å². The van der Waals surface area contributed by atoms with Crippen LogP contribution in [0.1, 0.15) is 19.3 Å². The van der Waals surface area contributed by atoms with Gasteiger partial charge in [0.1, 0.15) is 5.69 Å². The fraction of sp³-hybridized carbons (Fsp3) is 0.138. The Bertz CT molecular complexity index is 1770. The van der Waals surface area contributed by atoms with E-state index in [-0.39, 0.29) is 11.8 Å². The monoisotopic (exact) mass is 485 g/mol. The van der Waals surface area contributed by atoms with Gasteiger partial charge in [0.2, 0.25) is 5.91 Å². The maximum atomic E-state index is 12.4. The lowest BCUT2D eigenvalue weighted by Gasteiger charge is -2.24. The molecule has 0 aliphatic heterocycles. The van der Waals surface area contributed by atoms with Gasteiger partial charge >= 0.3 is 0 Å². The Morgan fingerprint density at radius 1 is 0.811 bits per heavy atom. The molecular weight excluding hydrogens is 462 g/mol. The molecule has 1 saturated carbocycles. The van der Waals surface area contributed by atoms with Crippen LogP contribution in [-0.4, -0.2) is 36.0 Å². The van der Waals surface area contributed by atoms with Gasteiger partial charge < -0.3 is 10.3 Å². The quantitative estimate of drug-likeness (QED) is 0.279. The predicted molar refractivity (Wildman–Crippen MR) is 144 cm³/mol. The first-order valence-electron chi connectivity index (χ1n) is 12.3. The number of aromatic nitrogens is 6. The normalized spacial score (nSPS) is 13.6. The summed E-state index contributed by atoms with van der Waals surface area (Å²) in [4.78, 5) is 28.8. The lowest BCUT2D eigenvalue weighted by Crippen LogP contribution is -2.28. The summed E-state index contributed by atoms with van der Waals surface area (Å²) in [5, 5.41) is 12.9. The molecule has 37 heavy (non-hydrogen) atoms. The minimum absolute atomic E-state index is 0.0807. The summed E-state index contributed by atoms with van der Waals surface area (Å²) >= 11 is 0. The molecule has 1 aliphatic carbocycles. The third kappa shape index (κ3) is 3.83. The molecule has 8 heteroatoms. The second-order valence-corrected chi connectivity index (χ2v) is 9.48. The summed E-state index contributed by atoms with van der Waals surface area (Å²) < 4.78 is 0. The van der Waals surface area contributed by atoms with Crippen molar-refractivity contribution in [3.63, 3.8) is 0 Å². The molecule has 0 saturated heterocycles. The molecule has 1 amide bonds. The second-order valence-electron chi connectivity index (χ2n) is 9.48. The number of nitrogens with one attached hydrogen (secondary N) is 3. The lowest BCUT2D eigenvalue weighted by atomic mass is 9.85. The van der Waals surface area contributed by atoms with Crippen molar-refractivity contribution in [1.82, 2.24) is 30.1 Å². The summed E-state index contributed by atoms with van der Waals surface area (Å²) in [6.07, 6.45) is 13.8. The van der Waals surface area contributed by atoms with Gasteiger partial charge in [-0.3, -0.25) is 24.8 Å². The molecule has 0 unspecified atom stereocenters. The molecule has 1 aromatic carbocycles. The van der Waals surface area contributed by atoms with Gasteiger partial charge in [-0.05, 0) is 60.4 Å². The Labute approximate surface area is 212 Å². The van der Waals surface area contributed by atoms with E-state index >= 15 is 0 Å². The number of hydrogen-bond acceptors (Lipinski definition) is 5. The number of carbonyl (C=O) groups excluding carboxylic acids is 1. The molecule has 6 aromatic rings. The first-order chi connectivity index (χ1) is 18.2. The van der Waals surface area contributed by atoms with E-state index < -0.39 is 0 Å². The van der Waals surface area contributed by atoms with E-state index in [0.717, 1.165) is 74.7 Å². The predicted octanol–water partition coefficient (Wildman–Crippen LogP) is 5.97. The number of carbonyl (C=O) groups is 1. The molecule has 1 fully saturated rings. The molecule has 5 aromatic heterocycles. The first kappa shape index (κ1) is 21.4. The van der Waals surface area contributed by atoms with Crippen LogP contribution >= 0.6 is 0 Å². The Hall–Kier alpha value is -4.85. The van der Waals surface area contributed by atoms with Crippen LogP contribution in [0.5, 0.6) is 0 Å².